The molecule has 0 saturated heterocycles. The normalized spacial score (nSPS) is 12.1. The van der Waals surface area contributed by atoms with Crippen LogP contribution >= 0.6 is 23.1 Å². The largest absolute Gasteiger partial charge is 0.309 e. The smallest absolute Gasteiger partial charge is 0.270 e. The van der Waals surface area contributed by atoms with E-state index in [1.54, 1.807) is 27.5 Å². The Balaban J connectivity index is 2.18. The van der Waals surface area contributed by atoms with E-state index < -0.39 is 0 Å². The zero-order valence-corrected chi connectivity index (χ0v) is 17.8. The van der Waals surface area contributed by atoms with E-state index in [2.05, 4.69) is 39.8 Å². The number of rotatable bonds is 8. The van der Waals surface area contributed by atoms with Gasteiger partial charge in [0.15, 0.2) is 5.16 Å². The van der Waals surface area contributed by atoms with Gasteiger partial charge in [-0.3, -0.25) is 4.79 Å². The number of aryl methyl sites for hydroxylation is 3. The minimum absolute atomic E-state index is 0.0312. The lowest BCUT2D eigenvalue weighted by Crippen LogP contribution is -2.18. The predicted molar refractivity (Wildman–Crippen MR) is 111 cm³/mol. The summed E-state index contributed by atoms with van der Waals surface area (Å²) >= 11 is 3.25. The maximum absolute atomic E-state index is 13.3. The molecule has 0 saturated carbocycles. The highest BCUT2D eigenvalue weighted by molar-refractivity contribution is 7.99. The lowest BCUT2D eigenvalue weighted by Gasteiger charge is -2.08. The highest BCUT2D eigenvalue weighted by atomic mass is 32.2. The fourth-order valence-electron chi connectivity index (χ4n) is 3.14. The molecule has 0 aromatic carbocycles. The first-order valence-electron chi connectivity index (χ1n) is 9.17. The molecule has 3 heterocycles. The predicted octanol–water partition coefficient (Wildman–Crippen LogP) is 3.43. The van der Waals surface area contributed by atoms with Gasteiger partial charge in [-0.2, -0.15) is 0 Å². The molecule has 0 amide bonds. The molecule has 3 aromatic rings. The summed E-state index contributed by atoms with van der Waals surface area (Å²) in [7, 11) is 4.13. The van der Waals surface area contributed by atoms with Crippen LogP contribution in [0.4, 0.5) is 0 Å². The summed E-state index contributed by atoms with van der Waals surface area (Å²) in [6, 6.07) is 0. The Hall–Kier alpha value is -1.38. The molecule has 0 aliphatic rings. The zero-order valence-electron chi connectivity index (χ0n) is 16.2. The molecule has 0 fully saturated rings. The van der Waals surface area contributed by atoms with Crippen LogP contribution in [0, 0.1) is 6.92 Å². The summed E-state index contributed by atoms with van der Waals surface area (Å²) in [6.45, 7) is 8.06. The van der Waals surface area contributed by atoms with Crippen molar-refractivity contribution in [2.24, 2.45) is 0 Å². The highest BCUT2D eigenvalue weighted by Crippen LogP contribution is 2.29. The molecule has 3 rings (SSSR count). The van der Waals surface area contributed by atoms with Crippen molar-refractivity contribution in [3.8, 4) is 0 Å². The van der Waals surface area contributed by atoms with Gasteiger partial charge in [-0.05, 0) is 52.4 Å². The molecule has 0 spiro atoms. The molecular weight excluding hydrogens is 366 g/mol. The van der Waals surface area contributed by atoms with E-state index in [4.69, 9.17) is 10.1 Å². The quantitative estimate of drug-likeness (QED) is 0.549. The molecule has 0 bridgehead atoms. The van der Waals surface area contributed by atoms with E-state index in [0.29, 0.717) is 5.78 Å². The van der Waals surface area contributed by atoms with Crippen LogP contribution in [0.5, 0.6) is 0 Å². The first kappa shape index (κ1) is 19.4. The third-order valence-electron chi connectivity index (χ3n) is 4.40. The Bertz CT molecular complexity index is 970. The topological polar surface area (TPSA) is 55.4 Å². The Morgan fingerprint density at radius 1 is 1.27 bits per heavy atom. The molecule has 142 valence electrons. The highest BCUT2D eigenvalue weighted by Gasteiger charge is 2.20. The molecule has 0 unspecified atom stereocenters. The van der Waals surface area contributed by atoms with Crippen molar-refractivity contribution in [2.45, 2.75) is 51.7 Å². The van der Waals surface area contributed by atoms with Gasteiger partial charge in [0, 0.05) is 17.2 Å². The van der Waals surface area contributed by atoms with Gasteiger partial charge in [0.25, 0.3) is 5.56 Å². The molecule has 0 atom stereocenters. The van der Waals surface area contributed by atoms with Gasteiger partial charge in [-0.15, -0.1) is 16.4 Å². The van der Waals surface area contributed by atoms with Gasteiger partial charge in [0.2, 0.25) is 5.78 Å². The van der Waals surface area contributed by atoms with Gasteiger partial charge >= 0.3 is 0 Å². The number of fused-ring (bicyclic) bond motifs is 2. The summed E-state index contributed by atoms with van der Waals surface area (Å²) in [4.78, 5) is 22.4. The molecule has 26 heavy (non-hydrogen) atoms. The minimum atomic E-state index is 0.0312. The molecule has 6 nitrogen and oxygen atoms in total. The molecule has 8 heteroatoms. The second kappa shape index (κ2) is 8.10. The van der Waals surface area contributed by atoms with Crippen LogP contribution in [0.1, 0.15) is 37.1 Å². The number of thioether (sulfide) groups is 1. The van der Waals surface area contributed by atoms with Crippen molar-refractivity contribution in [2.75, 3.05) is 26.4 Å². The lowest BCUT2D eigenvalue weighted by atomic mass is 10.1. The molecule has 3 aromatic heterocycles. The van der Waals surface area contributed by atoms with E-state index >= 15 is 0 Å². The molecule has 0 radical (unpaired) electrons. The van der Waals surface area contributed by atoms with E-state index in [1.165, 1.54) is 4.88 Å². The lowest BCUT2D eigenvalue weighted by molar-refractivity contribution is 0.381. The number of thiophene rings is 1. The fraction of sp³-hybridized carbons (Fsp3) is 0.611. The van der Waals surface area contributed by atoms with Crippen LogP contribution in [-0.2, 0) is 13.0 Å². The van der Waals surface area contributed by atoms with Crippen molar-refractivity contribution in [3.63, 3.8) is 0 Å². The van der Waals surface area contributed by atoms with Crippen LogP contribution in [0.25, 0.3) is 16.0 Å². The molecule has 0 aliphatic heterocycles. The Kier molecular flexibility index (Phi) is 6.04. The second-order valence-corrected chi connectivity index (χ2v) is 9.00. The molecule has 0 N–H and O–H groups in total. The summed E-state index contributed by atoms with van der Waals surface area (Å²) in [6.07, 6.45) is 2.87. The third-order valence-corrected chi connectivity index (χ3v) is 6.58. The van der Waals surface area contributed by atoms with Crippen molar-refractivity contribution >= 4 is 39.1 Å². The van der Waals surface area contributed by atoms with Crippen molar-refractivity contribution in [3.05, 3.63) is 20.8 Å². The number of aromatic nitrogens is 4. The first-order chi connectivity index (χ1) is 12.5. The van der Waals surface area contributed by atoms with Crippen LogP contribution < -0.4 is 5.56 Å². The van der Waals surface area contributed by atoms with Crippen molar-refractivity contribution < 1.29 is 0 Å². The van der Waals surface area contributed by atoms with E-state index in [-0.39, 0.29) is 5.56 Å². The number of nitrogens with zero attached hydrogens (tertiary/aromatic N) is 5. The Labute approximate surface area is 162 Å². The summed E-state index contributed by atoms with van der Waals surface area (Å²) in [5.41, 5.74) is 1.16. The monoisotopic (exact) mass is 393 g/mol. The van der Waals surface area contributed by atoms with Gasteiger partial charge < -0.3 is 4.90 Å². The zero-order chi connectivity index (χ0) is 18.8. The van der Waals surface area contributed by atoms with Gasteiger partial charge in [0.05, 0.1) is 5.39 Å². The summed E-state index contributed by atoms with van der Waals surface area (Å²) < 4.78 is 3.63. The van der Waals surface area contributed by atoms with E-state index in [1.807, 2.05) is 4.68 Å². The minimum Gasteiger partial charge on any atom is -0.309 e. The standard InChI is InChI=1S/C18H27N5OS2/c1-6-11-25-18-20-22(10-8-9-21(4)5)17-19-15-14(16(24)23(17)18)13(7-2)12(3)26-15/h6-11H2,1-5H3. The van der Waals surface area contributed by atoms with E-state index in [9.17, 15) is 4.79 Å². The average Bonchev–Trinajstić information content (AvgIpc) is 3.10. The first-order valence-corrected chi connectivity index (χ1v) is 11.0. The van der Waals surface area contributed by atoms with Gasteiger partial charge in [-0.25, -0.2) is 14.1 Å². The third kappa shape index (κ3) is 3.54. The van der Waals surface area contributed by atoms with Gasteiger partial charge in [0.1, 0.15) is 4.83 Å². The molecule has 0 aliphatic carbocycles. The number of hydrogen-bond acceptors (Lipinski definition) is 6. The van der Waals surface area contributed by atoms with Crippen LogP contribution in [-0.4, -0.2) is 50.5 Å². The average molecular weight is 394 g/mol. The van der Waals surface area contributed by atoms with Crippen molar-refractivity contribution in [1.82, 2.24) is 24.1 Å². The maximum Gasteiger partial charge on any atom is 0.270 e. The summed E-state index contributed by atoms with van der Waals surface area (Å²) in [5.74, 6) is 1.61. The SMILES string of the molecule is CCCSc1nn(CCCN(C)C)c2nc3sc(C)c(CC)c3c(=O)n12. The van der Waals surface area contributed by atoms with Crippen LogP contribution in [0.15, 0.2) is 9.95 Å². The van der Waals surface area contributed by atoms with Crippen LogP contribution in [0.3, 0.4) is 0 Å². The summed E-state index contributed by atoms with van der Waals surface area (Å²) in [5, 5.41) is 6.27. The van der Waals surface area contributed by atoms with Crippen molar-refractivity contribution in [1.29, 1.82) is 0 Å². The van der Waals surface area contributed by atoms with Crippen LogP contribution in [0.2, 0.25) is 0 Å². The maximum atomic E-state index is 13.3. The second-order valence-electron chi connectivity index (χ2n) is 6.73. The number of hydrogen-bond donors (Lipinski definition) is 0. The van der Waals surface area contributed by atoms with Gasteiger partial charge in [-0.1, -0.05) is 25.6 Å². The Morgan fingerprint density at radius 2 is 2.04 bits per heavy atom. The van der Waals surface area contributed by atoms with E-state index in [0.717, 1.165) is 59.0 Å². The molecular formula is C18H27N5OS2. The Morgan fingerprint density at radius 3 is 2.69 bits per heavy atom. The fourth-order valence-corrected chi connectivity index (χ4v) is 5.08.